The van der Waals surface area contributed by atoms with Crippen LogP contribution >= 0.6 is 11.6 Å². The van der Waals surface area contributed by atoms with Crippen LogP contribution in [0, 0.1) is 0 Å². The van der Waals surface area contributed by atoms with E-state index in [4.69, 9.17) is 11.6 Å². The van der Waals surface area contributed by atoms with E-state index in [0.29, 0.717) is 11.4 Å². The van der Waals surface area contributed by atoms with E-state index >= 15 is 0 Å². The summed E-state index contributed by atoms with van der Waals surface area (Å²) >= 11 is 6.18. The lowest BCUT2D eigenvalue weighted by Crippen LogP contribution is -2.49. The average molecular weight is 329 g/mol. The molecule has 1 unspecified atom stereocenters. The number of likely N-dealkylation sites (N-methyl/N-ethyl adjacent to an activating group) is 1. The number of halogens is 1. The van der Waals surface area contributed by atoms with Crippen molar-refractivity contribution in [2.24, 2.45) is 0 Å². The smallest absolute Gasteiger partial charge is 0.227 e. The zero-order valence-electron chi connectivity index (χ0n) is 13.3. The minimum absolute atomic E-state index is 0.145. The maximum atomic E-state index is 12.7. The van der Waals surface area contributed by atoms with Crippen LogP contribution in [-0.2, 0) is 11.2 Å². The molecule has 3 rings (SSSR count). The van der Waals surface area contributed by atoms with Crippen molar-refractivity contribution in [3.05, 3.63) is 70.7 Å². The van der Waals surface area contributed by atoms with Crippen LogP contribution in [0.1, 0.15) is 17.2 Å². The van der Waals surface area contributed by atoms with Crippen molar-refractivity contribution in [2.45, 2.75) is 12.5 Å². The van der Waals surface area contributed by atoms with Gasteiger partial charge < -0.3 is 4.90 Å². The van der Waals surface area contributed by atoms with Gasteiger partial charge >= 0.3 is 0 Å². The molecule has 3 nitrogen and oxygen atoms in total. The summed E-state index contributed by atoms with van der Waals surface area (Å²) in [5.74, 6) is 0.145. The molecule has 1 aliphatic heterocycles. The molecule has 0 N–H and O–H groups in total. The topological polar surface area (TPSA) is 23.6 Å². The van der Waals surface area contributed by atoms with Gasteiger partial charge in [-0.2, -0.15) is 0 Å². The molecule has 2 aromatic carbocycles. The molecular weight excluding hydrogens is 308 g/mol. The molecule has 0 spiro atoms. The molecule has 4 heteroatoms. The summed E-state index contributed by atoms with van der Waals surface area (Å²) in [5, 5.41) is 0.662. The summed E-state index contributed by atoms with van der Waals surface area (Å²) < 4.78 is 0. The van der Waals surface area contributed by atoms with E-state index in [2.05, 4.69) is 24.1 Å². The van der Waals surface area contributed by atoms with E-state index in [9.17, 15) is 4.79 Å². The lowest BCUT2D eigenvalue weighted by molar-refractivity contribution is -0.133. The summed E-state index contributed by atoms with van der Waals surface area (Å²) in [5.41, 5.74) is 2.15. The Hall–Kier alpha value is -1.84. The second-order valence-corrected chi connectivity index (χ2v) is 6.42. The highest BCUT2D eigenvalue weighted by molar-refractivity contribution is 6.31. The van der Waals surface area contributed by atoms with Crippen LogP contribution in [0.15, 0.2) is 54.6 Å². The van der Waals surface area contributed by atoms with Gasteiger partial charge in [0.2, 0.25) is 5.91 Å². The summed E-state index contributed by atoms with van der Waals surface area (Å²) in [4.78, 5) is 16.9. The van der Waals surface area contributed by atoms with Gasteiger partial charge in [-0.15, -0.1) is 0 Å². The molecule has 1 fully saturated rings. The number of hydrogen-bond acceptors (Lipinski definition) is 2. The molecule has 2 aromatic rings. The van der Waals surface area contributed by atoms with Gasteiger partial charge in [-0.05, 0) is 24.2 Å². The van der Waals surface area contributed by atoms with E-state index in [-0.39, 0.29) is 11.9 Å². The molecule has 0 aromatic heterocycles. The number of amides is 1. The Morgan fingerprint density at radius 3 is 2.52 bits per heavy atom. The summed E-state index contributed by atoms with van der Waals surface area (Å²) in [7, 11) is 2.12. The first-order valence-corrected chi connectivity index (χ1v) is 8.29. The van der Waals surface area contributed by atoms with E-state index in [1.165, 1.54) is 5.56 Å². The van der Waals surface area contributed by atoms with Gasteiger partial charge in [0.15, 0.2) is 0 Å². The largest absolute Gasteiger partial charge is 0.339 e. The number of hydrogen-bond donors (Lipinski definition) is 0. The molecule has 0 radical (unpaired) electrons. The molecular formula is C19H21ClN2O. The number of carbonyl (C=O) groups is 1. The molecule has 1 saturated heterocycles. The summed E-state index contributed by atoms with van der Waals surface area (Å²) in [6, 6.07) is 18.2. The zero-order chi connectivity index (χ0) is 16.2. The Kier molecular flexibility index (Phi) is 4.99. The molecule has 1 heterocycles. The van der Waals surface area contributed by atoms with E-state index < -0.39 is 0 Å². The first kappa shape index (κ1) is 16.0. The SMILES string of the molecule is CN1CCN(C(=O)Cc2ccccc2Cl)CC1c1ccccc1. The van der Waals surface area contributed by atoms with Crippen molar-refractivity contribution in [1.29, 1.82) is 0 Å². The van der Waals surface area contributed by atoms with Crippen LogP contribution in [-0.4, -0.2) is 42.4 Å². The Bertz CT molecular complexity index is 674. The van der Waals surface area contributed by atoms with Crippen LogP contribution < -0.4 is 0 Å². The van der Waals surface area contributed by atoms with Crippen LogP contribution in [0.5, 0.6) is 0 Å². The Morgan fingerprint density at radius 2 is 1.78 bits per heavy atom. The molecule has 0 aliphatic carbocycles. The highest BCUT2D eigenvalue weighted by atomic mass is 35.5. The number of rotatable bonds is 3. The maximum absolute atomic E-state index is 12.7. The van der Waals surface area contributed by atoms with Crippen molar-refractivity contribution in [3.63, 3.8) is 0 Å². The van der Waals surface area contributed by atoms with Crippen molar-refractivity contribution in [1.82, 2.24) is 9.80 Å². The maximum Gasteiger partial charge on any atom is 0.227 e. The van der Waals surface area contributed by atoms with Crippen molar-refractivity contribution < 1.29 is 4.79 Å². The van der Waals surface area contributed by atoms with Gasteiger partial charge in [-0.3, -0.25) is 9.69 Å². The van der Waals surface area contributed by atoms with Crippen LogP contribution in [0.25, 0.3) is 0 Å². The summed E-state index contributed by atoms with van der Waals surface area (Å²) in [6.07, 6.45) is 0.366. The van der Waals surface area contributed by atoms with E-state index in [1.807, 2.05) is 47.4 Å². The van der Waals surface area contributed by atoms with Gasteiger partial charge in [0.1, 0.15) is 0 Å². The second kappa shape index (κ2) is 7.16. The molecule has 1 aliphatic rings. The number of carbonyl (C=O) groups excluding carboxylic acids is 1. The van der Waals surface area contributed by atoms with Gasteiger partial charge in [0.25, 0.3) is 0 Å². The lowest BCUT2D eigenvalue weighted by Gasteiger charge is -2.39. The molecule has 1 amide bonds. The van der Waals surface area contributed by atoms with E-state index in [0.717, 1.165) is 25.2 Å². The Morgan fingerprint density at radius 1 is 1.09 bits per heavy atom. The first-order valence-electron chi connectivity index (χ1n) is 7.91. The van der Waals surface area contributed by atoms with E-state index in [1.54, 1.807) is 0 Å². The minimum Gasteiger partial charge on any atom is -0.339 e. The molecule has 120 valence electrons. The van der Waals surface area contributed by atoms with Crippen molar-refractivity contribution in [2.75, 3.05) is 26.7 Å². The normalized spacial score (nSPS) is 18.9. The fraction of sp³-hybridized carbons (Fsp3) is 0.316. The first-order chi connectivity index (χ1) is 11.1. The monoisotopic (exact) mass is 328 g/mol. The van der Waals surface area contributed by atoms with Crippen LogP contribution in [0.4, 0.5) is 0 Å². The van der Waals surface area contributed by atoms with Gasteiger partial charge in [0.05, 0.1) is 12.5 Å². The Balaban J connectivity index is 1.71. The van der Waals surface area contributed by atoms with Crippen LogP contribution in [0.2, 0.25) is 5.02 Å². The number of nitrogens with zero attached hydrogens (tertiary/aromatic N) is 2. The molecule has 0 bridgehead atoms. The quantitative estimate of drug-likeness (QED) is 0.862. The highest BCUT2D eigenvalue weighted by Gasteiger charge is 2.28. The minimum atomic E-state index is 0.145. The van der Waals surface area contributed by atoms with Crippen molar-refractivity contribution >= 4 is 17.5 Å². The van der Waals surface area contributed by atoms with Gasteiger partial charge in [0, 0.05) is 24.7 Å². The third-order valence-corrected chi connectivity index (χ3v) is 4.85. The zero-order valence-corrected chi connectivity index (χ0v) is 14.0. The van der Waals surface area contributed by atoms with Crippen molar-refractivity contribution in [3.8, 4) is 0 Å². The fourth-order valence-electron chi connectivity index (χ4n) is 3.05. The second-order valence-electron chi connectivity index (χ2n) is 6.02. The predicted molar refractivity (Wildman–Crippen MR) is 93.5 cm³/mol. The van der Waals surface area contributed by atoms with Gasteiger partial charge in [-0.25, -0.2) is 0 Å². The fourth-order valence-corrected chi connectivity index (χ4v) is 3.25. The average Bonchev–Trinajstić information content (AvgIpc) is 2.58. The third kappa shape index (κ3) is 3.74. The lowest BCUT2D eigenvalue weighted by atomic mass is 10.0. The molecule has 1 atom stereocenters. The molecule has 0 saturated carbocycles. The van der Waals surface area contributed by atoms with Gasteiger partial charge in [-0.1, -0.05) is 60.1 Å². The predicted octanol–water partition coefficient (Wildman–Crippen LogP) is 3.40. The number of piperazine rings is 1. The standard InChI is InChI=1S/C19H21ClN2O/c1-21-11-12-22(14-18(21)15-7-3-2-4-8-15)19(23)13-16-9-5-6-10-17(16)20/h2-10,18H,11-14H2,1H3. The summed E-state index contributed by atoms with van der Waals surface area (Å²) in [6.45, 7) is 2.38. The molecule has 23 heavy (non-hydrogen) atoms. The third-order valence-electron chi connectivity index (χ3n) is 4.48. The Labute approximate surface area is 142 Å². The number of benzene rings is 2. The highest BCUT2D eigenvalue weighted by Crippen LogP contribution is 2.25. The van der Waals surface area contributed by atoms with Crippen LogP contribution in [0.3, 0.4) is 0 Å².